The number of ether oxygens (including phenoxy) is 1. The van der Waals surface area contributed by atoms with Crippen molar-refractivity contribution in [3.8, 4) is 5.75 Å². The van der Waals surface area contributed by atoms with Gasteiger partial charge in [0, 0.05) is 56.1 Å². The van der Waals surface area contributed by atoms with E-state index in [0.717, 1.165) is 36.2 Å². The lowest BCUT2D eigenvalue weighted by molar-refractivity contribution is 0.102. The van der Waals surface area contributed by atoms with Crippen molar-refractivity contribution in [2.45, 2.75) is 13.0 Å². The van der Waals surface area contributed by atoms with Crippen molar-refractivity contribution in [3.63, 3.8) is 0 Å². The zero-order chi connectivity index (χ0) is 20.5. The number of hydrogen-bond acceptors (Lipinski definition) is 5. The number of carbonyl (C=O) groups excluding carboxylic acids is 1. The van der Waals surface area contributed by atoms with Crippen LogP contribution in [0.3, 0.4) is 0 Å². The van der Waals surface area contributed by atoms with Crippen molar-refractivity contribution in [2.75, 3.05) is 37.0 Å². The van der Waals surface area contributed by atoms with Crippen LogP contribution in [0.2, 0.25) is 0 Å². The molecular weight excluding hydrogens is 373 g/mol. The lowest BCUT2D eigenvalue weighted by atomic mass is 10.1. The van der Waals surface area contributed by atoms with Gasteiger partial charge in [0.15, 0.2) is 0 Å². The van der Waals surface area contributed by atoms with Crippen molar-refractivity contribution in [2.24, 2.45) is 7.05 Å². The first-order chi connectivity index (χ1) is 13.9. The summed E-state index contributed by atoms with van der Waals surface area (Å²) in [5.74, 6) is -0.515. The van der Waals surface area contributed by atoms with Gasteiger partial charge in [-0.1, -0.05) is 0 Å². The molecule has 0 aliphatic carbocycles. The third-order valence-corrected chi connectivity index (χ3v) is 5.12. The van der Waals surface area contributed by atoms with Crippen LogP contribution in [0.1, 0.15) is 17.3 Å². The van der Waals surface area contributed by atoms with Crippen molar-refractivity contribution in [1.82, 2.24) is 15.1 Å². The van der Waals surface area contributed by atoms with E-state index < -0.39 is 11.7 Å². The minimum absolute atomic E-state index is 0.135. The van der Waals surface area contributed by atoms with Crippen LogP contribution >= 0.6 is 0 Å². The normalized spacial score (nSPS) is 16.8. The van der Waals surface area contributed by atoms with E-state index in [9.17, 15) is 9.18 Å². The molecule has 1 amide bonds. The molecule has 3 aromatic rings. The number of aryl methyl sites for hydroxylation is 1. The number of nitrogens with zero attached hydrogens (tertiary/aromatic N) is 3. The van der Waals surface area contributed by atoms with Crippen LogP contribution in [0.5, 0.6) is 5.75 Å². The maximum Gasteiger partial charge on any atom is 0.259 e. The zero-order valence-corrected chi connectivity index (χ0v) is 16.7. The number of carbonyl (C=O) groups is 1. The molecule has 2 aromatic carbocycles. The fourth-order valence-electron chi connectivity index (χ4n) is 3.68. The first-order valence-corrected chi connectivity index (χ1v) is 9.55. The molecule has 0 radical (unpaired) electrons. The number of fused-ring (bicyclic) bond motifs is 1. The Balaban J connectivity index is 1.57. The van der Waals surface area contributed by atoms with Gasteiger partial charge in [-0.25, -0.2) is 4.39 Å². The van der Waals surface area contributed by atoms with E-state index >= 15 is 0 Å². The molecule has 1 atom stereocenters. The van der Waals surface area contributed by atoms with E-state index in [1.807, 2.05) is 19.3 Å². The number of benzene rings is 2. The molecule has 0 spiro atoms. The molecule has 0 bridgehead atoms. The highest BCUT2D eigenvalue weighted by Crippen LogP contribution is 2.28. The molecule has 152 valence electrons. The minimum atomic E-state index is -0.469. The second-order valence-electron chi connectivity index (χ2n) is 7.33. The Morgan fingerprint density at radius 1 is 1.34 bits per heavy atom. The third-order valence-electron chi connectivity index (χ3n) is 5.12. The van der Waals surface area contributed by atoms with Gasteiger partial charge in [0.2, 0.25) is 0 Å². The maximum atomic E-state index is 14.7. The van der Waals surface area contributed by atoms with Crippen molar-refractivity contribution >= 4 is 28.2 Å². The Labute approximate surface area is 168 Å². The molecular formula is C21H24FN5O2. The number of methoxy groups -OCH3 is 1. The van der Waals surface area contributed by atoms with Gasteiger partial charge >= 0.3 is 0 Å². The van der Waals surface area contributed by atoms with Crippen molar-refractivity contribution in [3.05, 3.63) is 47.9 Å². The predicted molar refractivity (Wildman–Crippen MR) is 111 cm³/mol. The fraction of sp³-hybridized carbons (Fsp3) is 0.333. The van der Waals surface area contributed by atoms with Crippen LogP contribution in [0.25, 0.3) is 10.9 Å². The van der Waals surface area contributed by atoms with Gasteiger partial charge in [0.05, 0.1) is 23.9 Å². The Morgan fingerprint density at radius 3 is 2.90 bits per heavy atom. The number of aromatic nitrogens is 2. The van der Waals surface area contributed by atoms with E-state index in [1.165, 1.54) is 13.2 Å². The van der Waals surface area contributed by atoms with Crippen molar-refractivity contribution < 1.29 is 13.9 Å². The number of amides is 1. The van der Waals surface area contributed by atoms with E-state index in [-0.39, 0.29) is 5.69 Å². The van der Waals surface area contributed by atoms with Crippen LogP contribution < -0.4 is 20.3 Å². The number of anilines is 2. The van der Waals surface area contributed by atoms with Crippen LogP contribution in [0.4, 0.5) is 15.8 Å². The number of halogens is 1. The second kappa shape index (κ2) is 7.71. The molecule has 4 rings (SSSR count). The van der Waals surface area contributed by atoms with Gasteiger partial charge in [-0.3, -0.25) is 9.48 Å². The summed E-state index contributed by atoms with van der Waals surface area (Å²) in [6, 6.07) is 8.65. The van der Waals surface area contributed by atoms with Gasteiger partial charge in [-0.15, -0.1) is 0 Å². The van der Waals surface area contributed by atoms with E-state index in [4.69, 9.17) is 4.74 Å². The molecule has 1 fully saturated rings. The van der Waals surface area contributed by atoms with E-state index in [1.54, 1.807) is 22.9 Å². The fourth-order valence-corrected chi connectivity index (χ4v) is 3.68. The summed E-state index contributed by atoms with van der Waals surface area (Å²) in [4.78, 5) is 15.0. The zero-order valence-electron chi connectivity index (χ0n) is 16.7. The Morgan fingerprint density at radius 2 is 2.17 bits per heavy atom. The maximum absolute atomic E-state index is 14.7. The highest BCUT2D eigenvalue weighted by atomic mass is 19.1. The smallest absolute Gasteiger partial charge is 0.259 e. The number of piperazine rings is 1. The number of rotatable bonds is 4. The van der Waals surface area contributed by atoms with Gasteiger partial charge in [-0.2, -0.15) is 5.10 Å². The highest BCUT2D eigenvalue weighted by molar-refractivity contribution is 6.08. The molecule has 2 heterocycles. The van der Waals surface area contributed by atoms with Gasteiger partial charge in [-0.05, 0) is 31.2 Å². The average molecular weight is 397 g/mol. The summed E-state index contributed by atoms with van der Waals surface area (Å²) in [6.07, 6.45) is 1.81. The topological polar surface area (TPSA) is 71.4 Å². The highest BCUT2D eigenvalue weighted by Gasteiger charge is 2.19. The van der Waals surface area contributed by atoms with E-state index in [0.29, 0.717) is 17.4 Å². The lowest BCUT2D eigenvalue weighted by Crippen LogP contribution is -2.49. The first kappa shape index (κ1) is 19.2. The summed E-state index contributed by atoms with van der Waals surface area (Å²) in [5.41, 5.74) is 1.99. The molecule has 7 nitrogen and oxygen atoms in total. The minimum Gasteiger partial charge on any atom is -0.496 e. The molecule has 8 heteroatoms. The van der Waals surface area contributed by atoms with Crippen LogP contribution in [-0.2, 0) is 7.05 Å². The van der Waals surface area contributed by atoms with Crippen LogP contribution in [-0.4, -0.2) is 48.5 Å². The molecule has 0 saturated carbocycles. The Bertz CT molecular complexity index is 1060. The average Bonchev–Trinajstić information content (AvgIpc) is 3.07. The molecule has 1 saturated heterocycles. The Kier molecular flexibility index (Phi) is 5.10. The van der Waals surface area contributed by atoms with Crippen molar-refractivity contribution in [1.29, 1.82) is 0 Å². The van der Waals surface area contributed by atoms with Gasteiger partial charge < -0.3 is 20.3 Å². The second-order valence-corrected chi connectivity index (χ2v) is 7.33. The van der Waals surface area contributed by atoms with Gasteiger partial charge in [0.25, 0.3) is 5.91 Å². The summed E-state index contributed by atoms with van der Waals surface area (Å²) in [6.45, 7) is 4.59. The SMILES string of the molecule is COc1cc2nn(C)cc2cc1C(=O)Nc1ccc(N2CCNC(C)C2)cc1F. The largest absolute Gasteiger partial charge is 0.496 e. The molecule has 1 aliphatic heterocycles. The molecule has 1 aromatic heterocycles. The third kappa shape index (κ3) is 3.88. The summed E-state index contributed by atoms with van der Waals surface area (Å²) in [7, 11) is 3.30. The predicted octanol–water partition coefficient (Wildman–Crippen LogP) is 2.77. The molecule has 29 heavy (non-hydrogen) atoms. The standard InChI is InChI=1S/C21H24FN5O2/c1-13-11-27(7-6-23-13)15-4-5-18(17(22)9-15)24-21(28)16-8-14-12-26(2)25-19(14)10-20(16)29-3/h4-5,8-10,12-13,23H,6-7,11H2,1-3H3,(H,24,28). The Hall–Kier alpha value is -3.13. The summed E-state index contributed by atoms with van der Waals surface area (Å²) >= 11 is 0. The summed E-state index contributed by atoms with van der Waals surface area (Å²) < 4.78 is 21.7. The first-order valence-electron chi connectivity index (χ1n) is 9.55. The van der Waals surface area contributed by atoms with E-state index in [2.05, 4.69) is 27.6 Å². The number of nitrogens with one attached hydrogen (secondary N) is 2. The van der Waals surface area contributed by atoms with Crippen LogP contribution in [0.15, 0.2) is 36.5 Å². The molecule has 1 aliphatic rings. The quantitative estimate of drug-likeness (QED) is 0.708. The van der Waals surface area contributed by atoms with Gasteiger partial charge in [0.1, 0.15) is 11.6 Å². The van der Waals surface area contributed by atoms with Crippen LogP contribution in [0, 0.1) is 5.82 Å². The lowest BCUT2D eigenvalue weighted by Gasteiger charge is -2.33. The molecule has 2 N–H and O–H groups in total. The monoisotopic (exact) mass is 397 g/mol. The molecule has 1 unspecified atom stereocenters. The number of hydrogen-bond donors (Lipinski definition) is 2. The summed E-state index contributed by atoms with van der Waals surface area (Å²) in [5, 5.41) is 11.1.